The van der Waals surface area contributed by atoms with Gasteiger partial charge >= 0.3 is 6.18 Å². The molecule has 18 heavy (non-hydrogen) atoms. The predicted molar refractivity (Wildman–Crippen MR) is 66.5 cm³/mol. The zero-order chi connectivity index (χ0) is 13.9. The molecule has 1 rings (SSSR count). The van der Waals surface area contributed by atoms with Gasteiger partial charge in [-0.1, -0.05) is 29.8 Å². The van der Waals surface area contributed by atoms with Crippen LogP contribution in [0.2, 0.25) is 5.02 Å². The molecule has 0 fully saturated rings. The standard InChI is InChI=1S/C12H16ClF3N2/c1-8(9-5-3-4-6-10(9)13)18(2)11(7-17)12(14,15)16/h3-6,8,11H,7,17H2,1-2H3. The molecule has 2 nitrogen and oxygen atoms in total. The van der Waals surface area contributed by atoms with Crippen LogP contribution in [0.25, 0.3) is 0 Å². The van der Waals surface area contributed by atoms with Gasteiger partial charge in [0.15, 0.2) is 0 Å². The van der Waals surface area contributed by atoms with Gasteiger partial charge < -0.3 is 5.73 Å². The van der Waals surface area contributed by atoms with Gasteiger partial charge in [-0.15, -0.1) is 0 Å². The van der Waals surface area contributed by atoms with Crippen LogP contribution in [0.1, 0.15) is 18.5 Å². The van der Waals surface area contributed by atoms with Crippen LogP contribution in [0.5, 0.6) is 0 Å². The van der Waals surface area contributed by atoms with Crippen molar-refractivity contribution in [2.45, 2.75) is 25.2 Å². The summed E-state index contributed by atoms with van der Waals surface area (Å²) in [4.78, 5) is 1.20. The van der Waals surface area contributed by atoms with Gasteiger partial charge in [-0.2, -0.15) is 13.2 Å². The summed E-state index contributed by atoms with van der Waals surface area (Å²) in [5.41, 5.74) is 5.88. The lowest BCUT2D eigenvalue weighted by atomic mass is 10.1. The minimum Gasteiger partial charge on any atom is -0.329 e. The van der Waals surface area contributed by atoms with E-state index in [4.69, 9.17) is 17.3 Å². The van der Waals surface area contributed by atoms with E-state index in [0.29, 0.717) is 10.6 Å². The van der Waals surface area contributed by atoms with Crippen LogP contribution in [-0.2, 0) is 0 Å². The minimum absolute atomic E-state index is 0.454. The molecule has 1 aromatic carbocycles. The number of hydrogen-bond donors (Lipinski definition) is 1. The van der Waals surface area contributed by atoms with Crippen molar-refractivity contribution in [1.82, 2.24) is 4.90 Å². The summed E-state index contributed by atoms with van der Waals surface area (Å²) >= 11 is 5.99. The molecule has 0 saturated carbocycles. The van der Waals surface area contributed by atoms with Crippen LogP contribution in [0.4, 0.5) is 13.2 Å². The Morgan fingerprint density at radius 1 is 1.33 bits per heavy atom. The summed E-state index contributed by atoms with van der Waals surface area (Å²) < 4.78 is 38.4. The van der Waals surface area contributed by atoms with E-state index < -0.39 is 24.8 Å². The number of halogens is 4. The van der Waals surface area contributed by atoms with E-state index in [1.54, 1.807) is 31.2 Å². The minimum atomic E-state index is -4.35. The van der Waals surface area contributed by atoms with Crippen LogP contribution in [0.3, 0.4) is 0 Å². The van der Waals surface area contributed by atoms with Crippen LogP contribution >= 0.6 is 11.6 Å². The molecule has 0 heterocycles. The molecule has 2 N–H and O–H groups in total. The van der Waals surface area contributed by atoms with E-state index in [1.165, 1.54) is 11.9 Å². The Bertz CT molecular complexity index is 395. The summed E-state index contributed by atoms with van der Waals surface area (Å²) in [6, 6.07) is 4.72. The lowest BCUT2D eigenvalue weighted by molar-refractivity contribution is -0.182. The number of nitrogens with two attached hydrogens (primary N) is 1. The number of alkyl halides is 3. The fraction of sp³-hybridized carbons (Fsp3) is 0.500. The van der Waals surface area contributed by atoms with E-state index >= 15 is 0 Å². The van der Waals surface area contributed by atoms with Crippen LogP contribution in [-0.4, -0.2) is 30.7 Å². The highest BCUT2D eigenvalue weighted by Crippen LogP contribution is 2.32. The molecular weight excluding hydrogens is 265 g/mol. The molecule has 2 atom stereocenters. The molecule has 1 aromatic rings. The maximum Gasteiger partial charge on any atom is 0.405 e. The van der Waals surface area contributed by atoms with Crippen molar-refractivity contribution in [3.63, 3.8) is 0 Å². The maximum absolute atomic E-state index is 12.8. The summed E-state index contributed by atoms with van der Waals surface area (Å²) in [6.07, 6.45) is -4.35. The van der Waals surface area contributed by atoms with Gasteiger partial charge in [0.05, 0.1) is 0 Å². The van der Waals surface area contributed by atoms with Crippen LogP contribution in [0.15, 0.2) is 24.3 Å². The Kier molecular flexibility index (Phi) is 5.01. The molecule has 0 bridgehead atoms. The zero-order valence-corrected chi connectivity index (χ0v) is 11.0. The van der Waals surface area contributed by atoms with E-state index in [-0.39, 0.29) is 0 Å². The van der Waals surface area contributed by atoms with Crippen molar-refractivity contribution in [3.05, 3.63) is 34.9 Å². The quantitative estimate of drug-likeness (QED) is 0.917. The second-order valence-corrected chi connectivity index (χ2v) is 4.56. The smallest absolute Gasteiger partial charge is 0.329 e. The molecule has 0 aliphatic carbocycles. The molecule has 0 spiro atoms. The predicted octanol–water partition coefficient (Wildman–Crippen LogP) is 3.22. The summed E-state index contributed by atoms with van der Waals surface area (Å²) in [5, 5.41) is 0.454. The molecule has 0 amide bonds. The fourth-order valence-corrected chi connectivity index (χ4v) is 2.13. The molecular formula is C12H16ClF3N2. The van der Waals surface area contributed by atoms with E-state index in [9.17, 15) is 13.2 Å². The largest absolute Gasteiger partial charge is 0.405 e. The normalized spacial score (nSPS) is 15.8. The fourth-order valence-electron chi connectivity index (χ4n) is 1.83. The Morgan fingerprint density at radius 2 is 1.89 bits per heavy atom. The maximum atomic E-state index is 12.8. The molecule has 2 unspecified atom stereocenters. The lowest BCUT2D eigenvalue weighted by Gasteiger charge is -2.34. The number of hydrogen-bond acceptors (Lipinski definition) is 2. The summed E-state index contributed by atoms with van der Waals surface area (Å²) in [5.74, 6) is 0. The van der Waals surface area contributed by atoms with Gasteiger partial charge in [-0.05, 0) is 25.6 Å². The van der Waals surface area contributed by atoms with Crippen molar-refractivity contribution in [3.8, 4) is 0 Å². The highest BCUT2D eigenvalue weighted by atomic mass is 35.5. The topological polar surface area (TPSA) is 29.3 Å². The Labute approximate surface area is 110 Å². The third-order valence-electron chi connectivity index (χ3n) is 3.06. The molecule has 6 heteroatoms. The van der Waals surface area contributed by atoms with Gasteiger partial charge in [0.2, 0.25) is 0 Å². The van der Waals surface area contributed by atoms with Crippen molar-refractivity contribution < 1.29 is 13.2 Å². The highest BCUT2D eigenvalue weighted by molar-refractivity contribution is 6.31. The van der Waals surface area contributed by atoms with Crippen molar-refractivity contribution >= 4 is 11.6 Å². The number of rotatable bonds is 4. The molecule has 0 saturated heterocycles. The second kappa shape index (κ2) is 5.91. The first kappa shape index (κ1) is 15.3. The van der Waals surface area contributed by atoms with Crippen molar-refractivity contribution in [2.75, 3.05) is 13.6 Å². The Hall–Kier alpha value is -0.780. The molecule has 102 valence electrons. The van der Waals surface area contributed by atoms with E-state index in [2.05, 4.69) is 0 Å². The monoisotopic (exact) mass is 280 g/mol. The van der Waals surface area contributed by atoms with Gasteiger partial charge in [0.1, 0.15) is 6.04 Å². The number of likely N-dealkylation sites (N-methyl/N-ethyl adjacent to an activating group) is 1. The lowest BCUT2D eigenvalue weighted by Crippen LogP contribution is -2.49. The third-order valence-corrected chi connectivity index (χ3v) is 3.40. The van der Waals surface area contributed by atoms with Gasteiger partial charge in [-0.3, -0.25) is 4.90 Å². The van der Waals surface area contributed by atoms with Crippen LogP contribution in [0, 0.1) is 0 Å². The van der Waals surface area contributed by atoms with E-state index in [0.717, 1.165) is 0 Å². The highest BCUT2D eigenvalue weighted by Gasteiger charge is 2.42. The summed E-state index contributed by atoms with van der Waals surface area (Å²) in [6.45, 7) is 1.20. The van der Waals surface area contributed by atoms with Crippen molar-refractivity contribution in [2.24, 2.45) is 5.73 Å². The first-order valence-corrected chi connectivity index (χ1v) is 5.90. The number of nitrogens with zero attached hydrogens (tertiary/aromatic N) is 1. The molecule has 0 aliphatic heterocycles. The first-order valence-electron chi connectivity index (χ1n) is 5.52. The molecule has 0 aliphatic rings. The van der Waals surface area contributed by atoms with Crippen LogP contribution < -0.4 is 5.73 Å². The molecule has 0 aromatic heterocycles. The average molecular weight is 281 g/mol. The molecule has 0 radical (unpaired) electrons. The average Bonchev–Trinajstić information content (AvgIpc) is 2.27. The van der Waals surface area contributed by atoms with E-state index in [1.807, 2.05) is 0 Å². The van der Waals surface area contributed by atoms with Gasteiger partial charge in [0, 0.05) is 17.6 Å². The Balaban J connectivity index is 2.96. The Morgan fingerprint density at radius 3 is 2.33 bits per heavy atom. The summed E-state index contributed by atoms with van der Waals surface area (Å²) in [7, 11) is 1.40. The number of benzene rings is 1. The van der Waals surface area contributed by atoms with Gasteiger partial charge in [0.25, 0.3) is 0 Å². The second-order valence-electron chi connectivity index (χ2n) is 4.16. The van der Waals surface area contributed by atoms with Gasteiger partial charge in [-0.25, -0.2) is 0 Å². The van der Waals surface area contributed by atoms with Crippen molar-refractivity contribution in [1.29, 1.82) is 0 Å². The third kappa shape index (κ3) is 3.37. The first-order chi connectivity index (χ1) is 8.29. The SMILES string of the molecule is CC(c1ccccc1Cl)N(C)C(CN)C(F)(F)F. The zero-order valence-electron chi connectivity index (χ0n) is 10.2.